The molecule has 1 fully saturated rings. The first-order valence-corrected chi connectivity index (χ1v) is 6.11. The van der Waals surface area contributed by atoms with Crippen molar-refractivity contribution in [2.75, 3.05) is 14.2 Å². The normalized spacial score (nSPS) is 45.4. The highest BCUT2D eigenvalue weighted by Gasteiger charge is 2.65. The summed E-state index contributed by atoms with van der Waals surface area (Å²) in [4.78, 5) is 12.2. The Morgan fingerprint density at radius 3 is 2.65 bits per heavy atom. The highest BCUT2D eigenvalue weighted by molar-refractivity contribution is 5.97. The van der Waals surface area contributed by atoms with Crippen molar-refractivity contribution in [2.24, 2.45) is 23.2 Å². The lowest BCUT2D eigenvalue weighted by Gasteiger charge is -2.48. The molecule has 3 heteroatoms. The van der Waals surface area contributed by atoms with E-state index in [1.807, 2.05) is 0 Å². The summed E-state index contributed by atoms with van der Waals surface area (Å²) >= 11 is 0. The number of fused-ring (bicyclic) bond motifs is 5. The van der Waals surface area contributed by atoms with E-state index in [1.165, 1.54) is 0 Å². The zero-order chi connectivity index (χ0) is 12.3. The SMILES string of the molecule is COC1(OC)C(=O)C=C[C@@]2(C)[C@H]3C=C[C@H](C3)[C@@H]12. The molecular formula is C14H18O3. The maximum Gasteiger partial charge on any atom is 0.236 e. The standard InChI is InChI=1S/C14H18O3/c1-13-7-6-11(15)14(16-2,17-3)12(13)9-4-5-10(13)8-9/h4-7,9-10,12H,8H2,1-3H3/t9-,10+,12-,13+/m1/s1. The molecule has 1 saturated carbocycles. The summed E-state index contributed by atoms with van der Waals surface area (Å²) in [6.45, 7) is 2.21. The molecule has 0 aromatic rings. The van der Waals surface area contributed by atoms with Crippen LogP contribution in [-0.2, 0) is 14.3 Å². The van der Waals surface area contributed by atoms with Crippen LogP contribution < -0.4 is 0 Å². The van der Waals surface area contributed by atoms with Crippen LogP contribution in [0.5, 0.6) is 0 Å². The zero-order valence-corrected chi connectivity index (χ0v) is 10.5. The average molecular weight is 234 g/mol. The van der Waals surface area contributed by atoms with Crippen molar-refractivity contribution < 1.29 is 14.3 Å². The molecule has 0 aromatic carbocycles. The van der Waals surface area contributed by atoms with Crippen LogP contribution in [0.15, 0.2) is 24.3 Å². The molecule has 0 amide bonds. The van der Waals surface area contributed by atoms with Crippen molar-refractivity contribution in [1.29, 1.82) is 0 Å². The third-order valence-electron chi connectivity index (χ3n) is 4.97. The topological polar surface area (TPSA) is 35.5 Å². The van der Waals surface area contributed by atoms with Gasteiger partial charge < -0.3 is 9.47 Å². The second-order valence-electron chi connectivity index (χ2n) is 5.51. The monoisotopic (exact) mass is 234 g/mol. The van der Waals surface area contributed by atoms with Gasteiger partial charge in [0.1, 0.15) is 0 Å². The molecule has 3 aliphatic carbocycles. The fourth-order valence-electron chi connectivity index (χ4n) is 4.11. The molecule has 0 saturated heterocycles. The van der Waals surface area contributed by atoms with Crippen LogP contribution in [0, 0.1) is 23.2 Å². The van der Waals surface area contributed by atoms with Gasteiger partial charge in [-0.3, -0.25) is 4.79 Å². The predicted molar refractivity (Wildman–Crippen MR) is 63.2 cm³/mol. The first-order chi connectivity index (χ1) is 8.08. The summed E-state index contributed by atoms with van der Waals surface area (Å²) in [7, 11) is 3.13. The fourth-order valence-corrected chi connectivity index (χ4v) is 4.11. The van der Waals surface area contributed by atoms with Crippen LogP contribution in [0.1, 0.15) is 13.3 Å². The summed E-state index contributed by atoms with van der Waals surface area (Å²) in [5.74, 6) is -0.165. The summed E-state index contributed by atoms with van der Waals surface area (Å²) < 4.78 is 11.0. The number of ether oxygens (including phenoxy) is 2. The van der Waals surface area contributed by atoms with Gasteiger partial charge in [0, 0.05) is 25.6 Å². The molecule has 92 valence electrons. The van der Waals surface area contributed by atoms with Crippen molar-refractivity contribution in [3.05, 3.63) is 24.3 Å². The zero-order valence-electron chi connectivity index (χ0n) is 10.5. The van der Waals surface area contributed by atoms with Gasteiger partial charge in [-0.1, -0.05) is 25.2 Å². The maximum atomic E-state index is 12.2. The highest BCUT2D eigenvalue weighted by atomic mass is 16.7. The number of carbonyl (C=O) groups is 1. The van der Waals surface area contributed by atoms with E-state index in [4.69, 9.17) is 9.47 Å². The van der Waals surface area contributed by atoms with E-state index in [9.17, 15) is 4.79 Å². The number of methoxy groups -OCH3 is 2. The van der Waals surface area contributed by atoms with Gasteiger partial charge in [0.15, 0.2) is 0 Å². The lowest BCUT2D eigenvalue weighted by Crippen LogP contribution is -2.57. The van der Waals surface area contributed by atoms with Crippen molar-refractivity contribution in [3.8, 4) is 0 Å². The maximum absolute atomic E-state index is 12.2. The Morgan fingerprint density at radius 1 is 1.29 bits per heavy atom. The molecule has 17 heavy (non-hydrogen) atoms. The van der Waals surface area contributed by atoms with Crippen LogP contribution in [0.3, 0.4) is 0 Å². The van der Waals surface area contributed by atoms with Gasteiger partial charge in [0.25, 0.3) is 0 Å². The first-order valence-electron chi connectivity index (χ1n) is 6.11. The summed E-state index contributed by atoms with van der Waals surface area (Å²) in [6, 6.07) is 0. The third kappa shape index (κ3) is 1.11. The van der Waals surface area contributed by atoms with Crippen molar-refractivity contribution in [2.45, 2.75) is 19.1 Å². The molecule has 3 aliphatic rings. The number of allylic oxidation sites excluding steroid dienone is 3. The number of hydrogen-bond donors (Lipinski definition) is 0. The van der Waals surface area contributed by atoms with Crippen LogP contribution in [-0.4, -0.2) is 25.8 Å². The summed E-state index contributed by atoms with van der Waals surface area (Å²) in [6.07, 6.45) is 9.30. The minimum atomic E-state index is -1.09. The van der Waals surface area contributed by atoms with Crippen LogP contribution in [0.4, 0.5) is 0 Å². The minimum absolute atomic E-state index is 0.0145. The lowest BCUT2D eigenvalue weighted by atomic mass is 9.62. The Labute approximate surface area is 101 Å². The fraction of sp³-hybridized carbons (Fsp3) is 0.643. The first kappa shape index (κ1) is 11.2. The predicted octanol–water partition coefficient (Wildman–Crippen LogP) is 1.94. The summed E-state index contributed by atoms with van der Waals surface area (Å²) in [5.41, 5.74) is -0.0145. The van der Waals surface area contributed by atoms with Crippen molar-refractivity contribution in [3.63, 3.8) is 0 Å². The molecule has 0 N–H and O–H groups in total. The Morgan fingerprint density at radius 2 is 2.00 bits per heavy atom. The van der Waals surface area contributed by atoms with Crippen LogP contribution in [0.25, 0.3) is 0 Å². The number of carbonyl (C=O) groups excluding carboxylic acids is 1. The smallest absolute Gasteiger partial charge is 0.236 e. The van der Waals surface area contributed by atoms with Gasteiger partial charge in [0.05, 0.1) is 0 Å². The van der Waals surface area contributed by atoms with Crippen LogP contribution >= 0.6 is 0 Å². The average Bonchev–Trinajstić information content (AvgIpc) is 2.90. The van der Waals surface area contributed by atoms with Crippen molar-refractivity contribution in [1.82, 2.24) is 0 Å². The van der Waals surface area contributed by atoms with Gasteiger partial charge in [-0.25, -0.2) is 0 Å². The number of ketones is 1. The van der Waals surface area contributed by atoms with E-state index in [0.717, 1.165) is 6.42 Å². The van der Waals surface area contributed by atoms with E-state index in [1.54, 1.807) is 20.3 Å². The molecule has 0 unspecified atom stereocenters. The quantitative estimate of drug-likeness (QED) is 0.541. The molecule has 2 bridgehead atoms. The molecule has 3 rings (SSSR count). The van der Waals surface area contributed by atoms with Crippen LogP contribution in [0.2, 0.25) is 0 Å². The molecule has 0 heterocycles. The number of hydrogen-bond acceptors (Lipinski definition) is 3. The number of rotatable bonds is 2. The van der Waals surface area contributed by atoms with E-state index >= 15 is 0 Å². The third-order valence-corrected chi connectivity index (χ3v) is 4.97. The Bertz CT molecular complexity index is 419. The van der Waals surface area contributed by atoms with E-state index < -0.39 is 5.79 Å². The highest BCUT2D eigenvalue weighted by Crippen LogP contribution is 2.62. The minimum Gasteiger partial charge on any atom is -0.346 e. The van der Waals surface area contributed by atoms with Gasteiger partial charge in [-0.15, -0.1) is 0 Å². The molecule has 3 nitrogen and oxygen atoms in total. The Balaban J connectivity index is 2.16. The van der Waals surface area contributed by atoms with E-state index in [-0.39, 0.29) is 17.1 Å². The van der Waals surface area contributed by atoms with Gasteiger partial charge >= 0.3 is 0 Å². The van der Waals surface area contributed by atoms with Gasteiger partial charge in [0.2, 0.25) is 11.6 Å². The molecule has 4 atom stereocenters. The summed E-state index contributed by atoms with van der Waals surface area (Å²) in [5, 5.41) is 0. The van der Waals surface area contributed by atoms with Crippen molar-refractivity contribution >= 4 is 5.78 Å². The van der Waals surface area contributed by atoms with Gasteiger partial charge in [-0.05, 0) is 24.3 Å². The molecule has 0 aromatic heterocycles. The molecular weight excluding hydrogens is 216 g/mol. The van der Waals surface area contributed by atoms with E-state index in [0.29, 0.717) is 11.8 Å². The largest absolute Gasteiger partial charge is 0.346 e. The second kappa shape index (κ2) is 3.30. The lowest BCUT2D eigenvalue weighted by molar-refractivity contribution is -0.245. The Kier molecular flexibility index (Phi) is 2.17. The molecule has 0 spiro atoms. The second-order valence-corrected chi connectivity index (χ2v) is 5.51. The molecule has 0 radical (unpaired) electrons. The molecule has 0 aliphatic heterocycles. The Hall–Kier alpha value is -0.930. The van der Waals surface area contributed by atoms with E-state index in [2.05, 4.69) is 25.2 Å². The van der Waals surface area contributed by atoms with Gasteiger partial charge in [-0.2, -0.15) is 0 Å².